The highest BCUT2D eigenvalue weighted by molar-refractivity contribution is 7.90. The SMILES string of the molecule is COC(=O)c1ccc(S(=O)(=O)N=C(c2ccccc2)c2ccccc2)cc1. The molecule has 0 fully saturated rings. The summed E-state index contributed by atoms with van der Waals surface area (Å²) in [5.41, 5.74) is 2.01. The molecule has 0 aromatic heterocycles. The Kier molecular flexibility index (Phi) is 5.47. The molecule has 136 valence electrons. The van der Waals surface area contributed by atoms with Crippen LogP contribution in [0, 0.1) is 0 Å². The van der Waals surface area contributed by atoms with Crippen molar-refractivity contribution in [1.82, 2.24) is 0 Å². The highest BCUT2D eigenvalue weighted by Crippen LogP contribution is 2.18. The van der Waals surface area contributed by atoms with Crippen LogP contribution in [0.1, 0.15) is 21.5 Å². The predicted octanol–water partition coefficient (Wildman–Crippen LogP) is 3.70. The molecule has 0 amide bonds. The number of methoxy groups -OCH3 is 1. The summed E-state index contributed by atoms with van der Waals surface area (Å²) >= 11 is 0. The first kappa shape index (κ1) is 18.5. The van der Waals surface area contributed by atoms with Gasteiger partial charge < -0.3 is 4.74 Å². The number of nitrogens with zero attached hydrogens (tertiary/aromatic N) is 1. The lowest BCUT2D eigenvalue weighted by Gasteiger charge is -2.08. The van der Waals surface area contributed by atoms with Crippen LogP contribution in [0.3, 0.4) is 0 Å². The molecule has 0 aliphatic carbocycles. The number of rotatable bonds is 5. The lowest BCUT2D eigenvalue weighted by atomic mass is 10.0. The van der Waals surface area contributed by atoms with Crippen molar-refractivity contribution in [2.24, 2.45) is 4.40 Å². The lowest BCUT2D eigenvalue weighted by Crippen LogP contribution is -2.09. The van der Waals surface area contributed by atoms with Gasteiger partial charge in [-0.05, 0) is 24.3 Å². The van der Waals surface area contributed by atoms with Gasteiger partial charge in [0.2, 0.25) is 0 Å². The third-order valence-electron chi connectivity index (χ3n) is 3.88. The van der Waals surface area contributed by atoms with Crippen molar-refractivity contribution in [2.75, 3.05) is 7.11 Å². The third kappa shape index (κ3) is 4.30. The Balaban J connectivity index is 2.07. The van der Waals surface area contributed by atoms with Crippen molar-refractivity contribution < 1.29 is 17.9 Å². The van der Waals surface area contributed by atoms with Crippen molar-refractivity contribution in [1.29, 1.82) is 0 Å². The number of carbonyl (C=O) groups is 1. The van der Waals surface area contributed by atoms with Crippen LogP contribution in [0.4, 0.5) is 0 Å². The van der Waals surface area contributed by atoms with Crippen LogP contribution in [-0.2, 0) is 14.8 Å². The van der Waals surface area contributed by atoms with Gasteiger partial charge in [0.25, 0.3) is 10.0 Å². The predicted molar refractivity (Wildman–Crippen MR) is 103 cm³/mol. The van der Waals surface area contributed by atoms with Crippen LogP contribution in [-0.4, -0.2) is 27.2 Å². The molecule has 0 spiro atoms. The maximum atomic E-state index is 12.8. The number of hydrogen-bond acceptors (Lipinski definition) is 4. The second-order valence-corrected chi connectivity index (χ2v) is 7.27. The quantitative estimate of drug-likeness (QED) is 0.500. The Labute approximate surface area is 158 Å². The molecular weight excluding hydrogens is 362 g/mol. The van der Waals surface area contributed by atoms with Crippen molar-refractivity contribution >= 4 is 21.7 Å². The molecule has 0 saturated carbocycles. The zero-order chi connectivity index (χ0) is 19.3. The molecule has 6 heteroatoms. The first-order valence-electron chi connectivity index (χ1n) is 8.15. The van der Waals surface area contributed by atoms with Gasteiger partial charge in [-0.3, -0.25) is 0 Å². The van der Waals surface area contributed by atoms with Crippen LogP contribution in [0.15, 0.2) is 94.2 Å². The molecule has 5 nitrogen and oxygen atoms in total. The van der Waals surface area contributed by atoms with Gasteiger partial charge in [0, 0.05) is 11.1 Å². The van der Waals surface area contributed by atoms with Crippen molar-refractivity contribution in [3.8, 4) is 0 Å². The van der Waals surface area contributed by atoms with E-state index >= 15 is 0 Å². The standard InChI is InChI=1S/C21H17NO4S/c1-26-21(23)18-12-14-19(15-13-18)27(24,25)22-20(16-8-4-2-5-9-16)17-10-6-3-7-11-17/h2-15H,1H3. The molecule has 0 heterocycles. The summed E-state index contributed by atoms with van der Waals surface area (Å²) in [6.07, 6.45) is 0. The van der Waals surface area contributed by atoms with Crippen LogP contribution in [0.5, 0.6) is 0 Å². The summed E-state index contributed by atoms with van der Waals surface area (Å²) in [6.45, 7) is 0. The summed E-state index contributed by atoms with van der Waals surface area (Å²) < 4.78 is 34.4. The number of ether oxygens (including phenoxy) is 1. The smallest absolute Gasteiger partial charge is 0.337 e. The maximum absolute atomic E-state index is 12.8. The van der Waals surface area contributed by atoms with Gasteiger partial charge in [-0.25, -0.2) is 4.79 Å². The molecule has 3 aromatic rings. The maximum Gasteiger partial charge on any atom is 0.337 e. The van der Waals surface area contributed by atoms with Crippen molar-refractivity contribution in [3.05, 3.63) is 102 Å². The first-order chi connectivity index (χ1) is 13.0. The van der Waals surface area contributed by atoms with E-state index in [1.165, 1.54) is 31.4 Å². The van der Waals surface area contributed by atoms with Crippen LogP contribution >= 0.6 is 0 Å². The minimum absolute atomic E-state index is 0.000449. The van der Waals surface area contributed by atoms with E-state index in [1.807, 2.05) is 60.7 Å². The van der Waals surface area contributed by atoms with Crippen molar-refractivity contribution in [3.63, 3.8) is 0 Å². The minimum atomic E-state index is -3.97. The Bertz CT molecular complexity index is 1020. The molecule has 0 atom stereocenters. The fraction of sp³-hybridized carbons (Fsp3) is 0.0476. The molecular formula is C21H17NO4S. The number of carbonyl (C=O) groups excluding carboxylic acids is 1. The van der Waals surface area contributed by atoms with Crippen LogP contribution in [0.25, 0.3) is 0 Å². The number of hydrogen-bond donors (Lipinski definition) is 0. The van der Waals surface area contributed by atoms with Gasteiger partial charge in [0.15, 0.2) is 0 Å². The van der Waals surface area contributed by atoms with Crippen molar-refractivity contribution in [2.45, 2.75) is 4.90 Å². The molecule has 0 radical (unpaired) electrons. The van der Waals surface area contributed by atoms with E-state index in [9.17, 15) is 13.2 Å². The van der Waals surface area contributed by atoms with Gasteiger partial charge >= 0.3 is 5.97 Å². The normalized spacial score (nSPS) is 10.9. The van der Waals surface area contributed by atoms with E-state index < -0.39 is 16.0 Å². The van der Waals surface area contributed by atoms with E-state index in [-0.39, 0.29) is 10.5 Å². The van der Waals surface area contributed by atoms with E-state index in [0.29, 0.717) is 16.8 Å². The van der Waals surface area contributed by atoms with E-state index in [0.717, 1.165) is 0 Å². The van der Waals surface area contributed by atoms with Gasteiger partial charge in [-0.1, -0.05) is 60.7 Å². The number of benzene rings is 3. The molecule has 0 saturated heterocycles. The average Bonchev–Trinajstić information content (AvgIpc) is 2.73. The molecule has 3 rings (SSSR count). The zero-order valence-corrected chi connectivity index (χ0v) is 15.4. The summed E-state index contributed by atoms with van der Waals surface area (Å²) in [6, 6.07) is 23.7. The molecule has 0 unspecified atom stereocenters. The highest BCUT2D eigenvalue weighted by atomic mass is 32.2. The summed E-state index contributed by atoms with van der Waals surface area (Å²) in [4.78, 5) is 11.5. The zero-order valence-electron chi connectivity index (χ0n) is 14.6. The molecule has 27 heavy (non-hydrogen) atoms. The summed E-state index contributed by atoms with van der Waals surface area (Å²) in [7, 11) is -2.70. The number of esters is 1. The summed E-state index contributed by atoms with van der Waals surface area (Å²) in [5, 5.41) is 0. The largest absolute Gasteiger partial charge is 0.465 e. The molecule has 0 aliphatic heterocycles. The topological polar surface area (TPSA) is 72.8 Å². The Morgan fingerprint density at radius 3 is 1.67 bits per heavy atom. The Morgan fingerprint density at radius 1 is 0.741 bits per heavy atom. The van der Waals surface area contributed by atoms with Gasteiger partial charge in [-0.15, -0.1) is 0 Å². The Morgan fingerprint density at radius 2 is 1.22 bits per heavy atom. The molecule has 0 aliphatic rings. The second kappa shape index (κ2) is 7.97. The van der Waals surface area contributed by atoms with Crippen LogP contribution < -0.4 is 0 Å². The van der Waals surface area contributed by atoms with Gasteiger partial charge in [0.1, 0.15) is 0 Å². The molecule has 0 bridgehead atoms. The van der Waals surface area contributed by atoms with Crippen LogP contribution in [0.2, 0.25) is 0 Å². The molecule has 0 N–H and O–H groups in total. The fourth-order valence-electron chi connectivity index (χ4n) is 2.52. The van der Waals surface area contributed by atoms with E-state index in [2.05, 4.69) is 9.13 Å². The highest BCUT2D eigenvalue weighted by Gasteiger charge is 2.17. The summed E-state index contributed by atoms with van der Waals surface area (Å²) in [5.74, 6) is -0.531. The first-order valence-corrected chi connectivity index (χ1v) is 9.59. The molecule has 3 aromatic carbocycles. The monoisotopic (exact) mass is 379 g/mol. The van der Waals surface area contributed by atoms with Gasteiger partial charge in [-0.2, -0.15) is 12.8 Å². The minimum Gasteiger partial charge on any atom is -0.465 e. The lowest BCUT2D eigenvalue weighted by molar-refractivity contribution is 0.0600. The third-order valence-corrected chi connectivity index (χ3v) is 5.17. The van der Waals surface area contributed by atoms with E-state index in [1.54, 1.807) is 0 Å². The fourth-order valence-corrected chi connectivity index (χ4v) is 3.55. The Hall–Kier alpha value is -3.25. The van der Waals surface area contributed by atoms with Gasteiger partial charge in [0.05, 0.1) is 23.3 Å². The van der Waals surface area contributed by atoms with E-state index in [4.69, 9.17) is 0 Å². The second-order valence-electron chi connectivity index (χ2n) is 5.66. The average molecular weight is 379 g/mol. The number of sulfonamides is 1.